The van der Waals surface area contributed by atoms with Gasteiger partial charge in [-0.15, -0.1) is 0 Å². The molecule has 0 atom stereocenters. The van der Waals surface area contributed by atoms with E-state index in [0.29, 0.717) is 6.61 Å². The van der Waals surface area contributed by atoms with Crippen LogP contribution in [0.3, 0.4) is 0 Å². The lowest BCUT2D eigenvalue weighted by Gasteiger charge is -2.25. The number of aliphatic hydroxyl groups is 1. The molecule has 0 heterocycles. The average Bonchev–Trinajstić information content (AvgIpc) is 2.27. The fourth-order valence-electron chi connectivity index (χ4n) is 1.94. The first-order chi connectivity index (χ1) is 8.46. The van der Waals surface area contributed by atoms with E-state index in [1.54, 1.807) is 0 Å². The third-order valence-corrected chi connectivity index (χ3v) is 3.10. The maximum Gasteiger partial charge on any atom is 0.125 e. The monoisotopic (exact) mass is 251 g/mol. The summed E-state index contributed by atoms with van der Waals surface area (Å²) in [5.41, 5.74) is 2.30. The van der Waals surface area contributed by atoms with Gasteiger partial charge in [-0.1, -0.05) is 18.2 Å². The van der Waals surface area contributed by atoms with Crippen LogP contribution in [0.2, 0.25) is 0 Å². The number of para-hydroxylation sites is 1. The third kappa shape index (κ3) is 4.67. The van der Waals surface area contributed by atoms with Gasteiger partial charge in [0.15, 0.2) is 0 Å². The molecule has 0 saturated carbocycles. The number of ether oxygens (including phenoxy) is 1. The van der Waals surface area contributed by atoms with Gasteiger partial charge in [-0.25, -0.2) is 0 Å². The zero-order chi connectivity index (χ0) is 13.6. The van der Waals surface area contributed by atoms with E-state index in [-0.39, 0.29) is 12.1 Å². The summed E-state index contributed by atoms with van der Waals surface area (Å²) in [7, 11) is 0. The minimum atomic E-state index is -0.0428. The minimum absolute atomic E-state index is 0.0428. The molecule has 1 aromatic carbocycles. The van der Waals surface area contributed by atoms with Crippen molar-refractivity contribution in [1.29, 1.82) is 0 Å². The molecule has 0 radical (unpaired) electrons. The summed E-state index contributed by atoms with van der Waals surface area (Å²) in [6.07, 6.45) is 0.746. The maximum absolute atomic E-state index is 8.94. The highest BCUT2D eigenvalue weighted by molar-refractivity contribution is 5.39. The zero-order valence-electron chi connectivity index (χ0n) is 11.9. The van der Waals surface area contributed by atoms with Gasteiger partial charge in [0, 0.05) is 18.7 Å². The summed E-state index contributed by atoms with van der Waals surface area (Å²) in [6.45, 7) is 9.92. The predicted octanol–water partition coefficient (Wildman–Crippen LogP) is 2.43. The molecule has 0 aliphatic heterocycles. The fraction of sp³-hybridized carbons (Fsp3) is 0.600. The second kappa shape index (κ2) is 6.76. The molecule has 1 aromatic rings. The molecule has 0 spiro atoms. The van der Waals surface area contributed by atoms with Crippen LogP contribution in [0.25, 0.3) is 0 Å². The smallest absolute Gasteiger partial charge is 0.125 e. The quantitative estimate of drug-likeness (QED) is 0.731. The van der Waals surface area contributed by atoms with Crippen molar-refractivity contribution in [1.82, 2.24) is 5.32 Å². The highest BCUT2D eigenvalue weighted by atomic mass is 16.5. The summed E-state index contributed by atoms with van der Waals surface area (Å²) < 4.78 is 5.82. The van der Waals surface area contributed by atoms with Gasteiger partial charge in [0.1, 0.15) is 12.4 Å². The molecule has 0 aromatic heterocycles. The van der Waals surface area contributed by atoms with Crippen LogP contribution in [0.5, 0.6) is 5.75 Å². The van der Waals surface area contributed by atoms with Crippen LogP contribution in [0.1, 0.15) is 31.4 Å². The van der Waals surface area contributed by atoms with Gasteiger partial charge in [0.25, 0.3) is 0 Å². The van der Waals surface area contributed by atoms with Gasteiger partial charge in [-0.05, 0) is 45.2 Å². The van der Waals surface area contributed by atoms with Crippen LogP contribution in [0.15, 0.2) is 18.2 Å². The molecule has 3 heteroatoms. The Balaban J connectivity index is 2.38. The van der Waals surface area contributed by atoms with Gasteiger partial charge in [-0.2, -0.15) is 0 Å². The molecule has 0 aliphatic carbocycles. The second-order valence-electron chi connectivity index (χ2n) is 5.35. The van der Waals surface area contributed by atoms with Crippen molar-refractivity contribution in [2.45, 2.75) is 39.7 Å². The zero-order valence-corrected chi connectivity index (χ0v) is 11.9. The lowest BCUT2D eigenvalue weighted by atomic mass is 10.0. The fourth-order valence-corrected chi connectivity index (χ4v) is 1.94. The molecule has 102 valence electrons. The minimum Gasteiger partial charge on any atom is -0.492 e. The Bertz CT molecular complexity index is 355. The lowest BCUT2D eigenvalue weighted by Crippen LogP contribution is -2.42. The van der Waals surface area contributed by atoms with Gasteiger partial charge in [-0.3, -0.25) is 0 Å². The molecule has 0 bridgehead atoms. The van der Waals surface area contributed by atoms with Crippen molar-refractivity contribution >= 4 is 0 Å². The molecule has 0 saturated heterocycles. The Morgan fingerprint density at radius 2 is 1.83 bits per heavy atom. The van der Waals surface area contributed by atoms with Crippen molar-refractivity contribution in [2.75, 3.05) is 19.8 Å². The molecule has 0 unspecified atom stereocenters. The van der Waals surface area contributed by atoms with E-state index >= 15 is 0 Å². The normalized spacial score (nSPS) is 11.6. The van der Waals surface area contributed by atoms with Crippen LogP contribution in [-0.2, 0) is 0 Å². The lowest BCUT2D eigenvalue weighted by molar-refractivity contribution is 0.219. The topological polar surface area (TPSA) is 41.5 Å². The summed E-state index contributed by atoms with van der Waals surface area (Å²) in [6, 6.07) is 6.16. The number of aliphatic hydroxyl groups excluding tert-OH is 1. The molecule has 0 aliphatic rings. The van der Waals surface area contributed by atoms with Gasteiger partial charge in [0.2, 0.25) is 0 Å². The highest BCUT2D eigenvalue weighted by Crippen LogP contribution is 2.22. The second-order valence-corrected chi connectivity index (χ2v) is 5.35. The first-order valence-corrected chi connectivity index (χ1v) is 6.51. The molecule has 3 nitrogen and oxygen atoms in total. The average molecular weight is 251 g/mol. The van der Waals surface area contributed by atoms with E-state index in [0.717, 1.165) is 18.7 Å². The van der Waals surface area contributed by atoms with Crippen LogP contribution in [0, 0.1) is 13.8 Å². The van der Waals surface area contributed by atoms with Crippen LogP contribution in [-0.4, -0.2) is 30.4 Å². The predicted molar refractivity (Wildman–Crippen MR) is 75.2 cm³/mol. The Morgan fingerprint density at radius 3 is 2.39 bits per heavy atom. The first kappa shape index (κ1) is 15.0. The van der Waals surface area contributed by atoms with E-state index in [4.69, 9.17) is 9.84 Å². The van der Waals surface area contributed by atoms with Crippen molar-refractivity contribution < 1.29 is 9.84 Å². The molecular weight excluding hydrogens is 226 g/mol. The van der Waals surface area contributed by atoms with E-state index < -0.39 is 0 Å². The first-order valence-electron chi connectivity index (χ1n) is 6.51. The number of hydrogen-bond donors (Lipinski definition) is 2. The van der Waals surface area contributed by atoms with Crippen LogP contribution < -0.4 is 10.1 Å². The van der Waals surface area contributed by atoms with Crippen LogP contribution in [0.4, 0.5) is 0 Å². The SMILES string of the molecule is Cc1cccc(C)c1OCCNC(C)(C)CCO. The van der Waals surface area contributed by atoms with E-state index in [1.165, 1.54) is 11.1 Å². The molecule has 2 N–H and O–H groups in total. The summed E-state index contributed by atoms with van der Waals surface area (Å²) in [4.78, 5) is 0. The summed E-state index contributed by atoms with van der Waals surface area (Å²) >= 11 is 0. The van der Waals surface area contributed by atoms with Gasteiger partial charge < -0.3 is 15.2 Å². The van der Waals surface area contributed by atoms with Crippen molar-refractivity contribution in [3.8, 4) is 5.75 Å². The van der Waals surface area contributed by atoms with Crippen molar-refractivity contribution in [2.24, 2.45) is 0 Å². The Hall–Kier alpha value is -1.06. The maximum atomic E-state index is 8.94. The van der Waals surface area contributed by atoms with Crippen LogP contribution >= 0.6 is 0 Å². The summed E-state index contributed by atoms with van der Waals surface area (Å²) in [5.74, 6) is 0.985. The molecule has 1 rings (SSSR count). The number of aryl methyl sites for hydroxylation is 2. The van der Waals surface area contributed by atoms with E-state index in [2.05, 4.69) is 45.1 Å². The summed E-state index contributed by atoms with van der Waals surface area (Å²) in [5, 5.41) is 12.3. The van der Waals surface area contributed by atoms with Crippen molar-refractivity contribution in [3.05, 3.63) is 29.3 Å². The Kier molecular flexibility index (Phi) is 5.63. The van der Waals surface area contributed by atoms with Gasteiger partial charge in [0.05, 0.1) is 0 Å². The molecule has 18 heavy (non-hydrogen) atoms. The van der Waals surface area contributed by atoms with E-state index in [1.807, 2.05) is 6.07 Å². The Morgan fingerprint density at radius 1 is 1.22 bits per heavy atom. The largest absolute Gasteiger partial charge is 0.492 e. The standard InChI is InChI=1S/C15H25NO2/c1-12-6-5-7-13(2)14(12)18-11-9-16-15(3,4)8-10-17/h5-7,16-17H,8-11H2,1-4H3. The number of hydrogen-bond acceptors (Lipinski definition) is 3. The van der Waals surface area contributed by atoms with E-state index in [9.17, 15) is 0 Å². The number of nitrogens with one attached hydrogen (secondary N) is 1. The molecule has 0 fully saturated rings. The Labute approximate surface area is 110 Å². The third-order valence-electron chi connectivity index (χ3n) is 3.10. The van der Waals surface area contributed by atoms with Crippen molar-refractivity contribution in [3.63, 3.8) is 0 Å². The molecular formula is C15H25NO2. The molecule has 0 amide bonds. The number of rotatable bonds is 7. The number of benzene rings is 1. The van der Waals surface area contributed by atoms with Gasteiger partial charge >= 0.3 is 0 Å². The highest BCUT2D eigenvalue weighted by Gasteiger charge is 2.15.